The highest BCUT2D eigenvalue weighted by molar-refractivity contribution is 5.87. The second kappa shape index (κ2) is 9.13. The van der Waals surface area contributed by atoms with E-state index in [0.29, 0.717) is 5.92 Å². The van der Waals surface area contributed by atoms with Crippen molar-refractivity contribution in [3.05, 3.63) is 53.6 Å². The van der Waals surface area contributed by atoms with E-state index in [1.807, 2.05) is 18.2 Å². The van der Waals surface area contributed by atoms with Crippen molar-refractivity contribution in [2.75, 3.05) is 6.54 Å². The fourth-order valence-corrected chi connectivity index (χ4v) is 1.73. The lowest BCUT2D eigenvalue weighted by Gasteiger charge is -2.03. The third-order valence-corrected chi connectivity index (χ3v) is 2.94. The van der Waals surface area contributed by atoms with Crippen LogP contribution in [0.25, 0.3) is 6.08 Å². The fraction of sp³-hybridized carbons (Fsp3) is 0.389. The molecule has 0 radical (unpaired) electrons. The second-order valence-electron chi connectivity index (χ2n) is 5.38. The highest BCUT2D eigenvalue weighted by atomic mass is 16.1. The fourth-order valence-electron chi connectivity index (χ4n) is 1.73. The third-order valence-electron chi connectivity index (χ3n) is 2.94. The molecule has 0 fully saturated rings. The van der Waals surface area contributed by atoms with E-state index in [2.05, 4.69) is 50.4 Å². The largest absolute Gasteiger partial charge is 0.352 e. The maximum atomic E-state index is 11.4. The van der Waals surface area contributed by atoms with Crippen LogP contribution in [0.15, 0.2) is 42.5 Å². The Hall–Kier alpha value is -1.83. The van der Waals surface area contributed by atoms with E-state index < -0.39 is 0 Å². The van der Waals surface area contributed by atoms with Gasteiger partial charge in [-0.3, -0.25) is 4.79 Å². The highest BCUT2D eigenvalue weighted by Gasteiger charge is 1.96. The first-order valence-electron chi connectivity index (χ1n) is 7.26. The Morgan fingerprint density at radius 1 is 1.20 bits per heavy atom. The molecule has 0 saturated carbocycles. The SMILES string of the molecule is Cc1ccccc1C=CCCC=CC(=O)NCC(C)C. The molecule has 0 saturated heterocycles. The summed E-state index contributed by atoms with van der Waals surface area (Å²) < 4.78 is 0. The summed E-state index contributed by atoms with van der Waals surface area (Å²) in [6, 6.07) is 8.32. The van der Waals surface area contributed by atoms with Crippen LogP contribution in [-0.4, -0.2) is 12.5 Å². The Morgan fingerprint density at radius 2 is 1.90 bits per heavy atom. The molecule has 0 heterocycles. The Balaban J connectivity index is 2.25. The number of unbranched alkanes of at least 4 members (excludes halogenated alkanes) is 1. The first-order chi connectivity index (χ1) is 9.59. The summed E-state index contributed by atoms with van der Waals surface area (Å²) in [6.45, 7) is 7.01. The Morgan fingerprint density at radius 3 is 2.60 bits per heavy atom. The summed E-state index contributed by atoms with van der Waals surface area (Å²) in [5.74, 6) is 0.492. The lowest BCUT2D eigenvalue weighted by molar-refractivity contribution is -0.116. The van der Waals surface area contributed by atoms with E-state index >= 15 is 0 Å². The first-order valence-corrected chi connectivity index (χ1v) is 7.26. The molecule has 0 spiro atoms. The maximum Gasteiger partial charge on any atom is 0.243 e. The maximum absolute atomic E-state index is 11.4. The number of rotatable bonds is 7. The molecule has 1 aromatic carbocycles. The van der Waals surface area contributed by atoms with Crippen molar-refractivity contribution < 1.29 is 4.79 Å². The summed E-state index contributed by atoms with van der Waals surface area (Å²) in [7, 11) is 0. The summed E-state index contributed by atoms with van der Waals surface area (Å²) in [5, 5.41) is 2.86. The zero-order valence-electron chi connectivity index (χ0n) is 12.7. The van der Waals surface area contributed by atoms with Gasteiger partial charge in [-0.2, -0.15) is 0 Å². The smallest absolute Gasteiger partial charge is 0.243 e. The average molecular weight is 271 g/mol. The van der Waals surface area contributed by atoms with Crippen LogP contribution >= 0.6 is 0 Å². The minimum absolute atomic E-state index is 0.00147. The van der Waals surface area contributed by atoms with Crippen LogP contribution in [-0.2, 0) is 4.79 Å². The van der Waals surface area contributed by atoms with Gasteiger partial charge < -0.3 is 5.32 Å². The molecule has 1 aromatic rings. The topological polar surface area (TPSA) is 29.1 Å². The number of allylic oxidation sites excluding steroid dienone is 2. The number of carbonyl (C=O) groups excluding carboxylic acids is 1. The van der Waals surface area contributed by atoms with Crippen molar-refractivity contribution in [1.29, 1.82) is 0 Å². The molecule has 2 nitrogen and oxygen atoms in total. The van der Waals surface area contributed by atoms with Gasteiger partial charge >= 0.3 is 0 Å². The normalized spacial score (nSPS) is 11.6. The van der Waals surface area contributed by atoms with E-state index in [0.717, 1.165) is 19.4 Å². The Bertz CT molecular complexity index is 472. The summed E-state index contributed by atoms with van der Waals surface area (Å²) in [5.41, 5.74) is 2.54. The molecule has 0 aliphatic carbocycles. The first kappa shape index (κ1) is 16.2. The number of amides is 1. The molecular formula is C18H25NO. The lowest BCUT2D eigenvalue weighted by atomic mass is 10.1. The van der Waals surface area contributed by atoms with Crippen LogP contribution < -0.4 is 5.32 Å². The third kappa shape index (κ3) is 6.93. The van der Waals surface area contributed by atoms with E-state index in [1.165, 1.54) is 11.1 Å². The summed E-state index contributed by atoms with van der Waals surface area (Å²) in [4.78, 5) is 11.4. The number of aryl methyl sites for hydroxylation is 1. The molecule has 108 valence electrons. The summed E-state index contributed by atoms with van der Waals surface area (Å²) in [6.07, 6.45) is 9.68. The second-order valence-corrected chi connectivity index (χ2v) is 5.38. The van der Waals surface area contributed by atoms with E-state index in [-0.39, 0.29) is 5.91 Å². The average Bonchev–Trinajstić information content (AvgIpc) is 2.42. The van der Waals surface area contributed by atoms with E-state index in [1.54, 1.807) is 6.08 Å². The van der Waals surface area contributed by atoms with Crippen molar-refractivity contribution >= 4 is 12.0 Å². The van der Waals surface area contributed by atoms with Crippen LogP contribution in [0.3, 0.4) is 0 Å². The Kier molecular flexibility index (Phi) is 7.41. The minimum atomic E-state index is 0.00147. The van der Waals surface area contributed by atoms with E-state index in [4.69, 9.17) is 0 Å². The van der Waals surface area contributed by atoms with Gasteiger partial charge in [-0.25, -0.2) is 0 Å². The van der Waals surface area contributed by atoms with Crippen LogP contribution in [0.5, 0.6) is 0 Å². The van der Waals surface area contributed by atoms with Crippen LogP contribution in [0.2, 0.25) is 0 Å². The molecule has 1 N–H and O–H groups in total. The van der Waals surface area contributed by atoms with Crippen molar-refractivity contribution in [3.63, 3.8) is 0 Å². The molecule has 2 heteroatoms. The standard InChI is InChI=1S/C18H25NO/c1-15(2)14-19-18(20)13-7-5-4-6-11-17-12-9-8-10-16(17)3/h6-13,15H,4-5,14H2,1-3H3,(H,19,20). The zero-order valence-corrected chi connectivity index (χ0v) is 12.7. The van der Waals surface area contributed by atoms with Crippen molar-refractivity contribution in [2.24, 2.45) is 5.92 Å². The molecule has 0 aromatic heterocycles. The molecule has 0 aliphatic heterocycles. The number of carbonyl (C=O) groups is 1. The van der Waals surface area contributed by atoms with E-state index in [9.17, 15) is 4.79 Å². The highest BCUT2D eigenvalue weighted by Crippen LogP contribution is 2.09. The zero-order chi connectivity index (χ0) is 14.8. The minimum Gasteiger partial charge on any atom is -0.352 e. The number of hydrogen-bond acceptors (Lipinski definition) is 1. The number of hydrogen-bond donors (Lipinski definition) is 1. The van der Waals surface area contributed by atoms with Crippen LogP contribution in [0.4, 0.5) is 0 Å². The van der Waals surface area contributed by atoms with Crippen LogP contribution in [0.1, 0.15) is 37.8 Å². The van der Waals surface area contributed by atoms with Crippen molar-refractivity contribution in [1.82, 2.24) is 5.32 Å². The van der Waals surface area contributed by atoms with Gasteiger partial charge in [0.25, 0.3) is 0 Å². The lowest BCUT2D eigenvalue weighted by Crippen LogP contribution is -2.25. The molecule has 0 unspecified atom stereocenters. The Labute approximate surface area is 122 Å². The van der Waals surface area contributed by atoms with Gasteiger partial charge in [-0.15, -0.1) is 0 Å². The van der Waals surface area contributed by atoms with Crippen LogP contribution in [0, 0.1) is 12.8 Å². The monoisotopic (exact) mass is 271 g/mol. The van der Waals surface area contributed by atoms with Gasteiger partial charge in [-0.05, 0) is 42.9 Å². The predicted molar refractivity (Wildman–Crippen MR) is 86.4 cm³/mol. The van der Waals surface area contributed by atoms with Gasteiger partial charge in [0.2, 0.25) is 5.91 Å². The molecule has 1 amide bonds. The predicted octanol–water partition coefficient (Wildman–Crippen LogP) is 4.12. The quantitative estimate of drug-likeness (QED) is 0.586. The number of benzene rings is 1. The van der Waals surface area contributed by atoms with Crippen molar-refractivity contribution in [2.45, 2.75) is 33.6 Å². The van der Waals surface area contributed by atoms with Gasteiger partial charge in [-0.1, -0.05) is 56.3 Å². The molecule has 0 bridgehead atoms. The number of nitrogens with one attached hydrogen (secondary N) is 1. The molecule has 20 heavy (non-hydrogen) atoms. The van der Waals surface area contributed by atoms with Gasteiger partial charge in [0.05, 0.1) is 0 Å². The van der Waals surface area contributed by atoms with Gasteiger partial charge in [0, 0.05) is 6.54 Å². The molecule has 1 rings (SSSR count). The molecule has 0 atom stereocenters. The van der Waals surface area contributed by atoms with Gasteiger partial charge in [0.1, 0.15) is 0 Å². The van der Waals surface area contributed by atoms with Gasteiger partial charge in [0.15, 0.2) is 0 Å². The summed E-state index contributed by atoms with van der Waals surface area (Å²) >= 11 is 0. The molecule has 0 aliphatic rings. The van der Waals surface area contributed by atoms with Crippen molar-refractivity contribution in [3.8, 4) is 0 Å². The molecular weight excluding hydrogens is 246 g/mol.